The number of carbonyl (C=O) groups excluding carboxylic acids is 1. The predicted molar refractivity (Wildman–Crippen MR) is 97.0 cm³/mol. The second-order valence-corrected chi connectivity index (χ2v) is 5.70. The third-order valence-corrected chi connectivity index (χ3v) is 3.61. The lowest BCUT2D eigenvalue weighted by atomic mass is 10.1. The lowest BCUT2D eigenvalue weighted by molar-refractivity contribution is 0.210. The van der Waals surface area contributed by atoms with Crippen molar-refractivity contribution in [3.63, 3.8) is 0 Å². The molecule has 3 aromatic carbocycles. The van der Waals surface area contributed by atoms with Gasteiger partial charge < -0.3 is 4.74 Å². The molecular weight excluding hydrogens is 298 g/mol. The van der Waals surface area contributed by atoms with Crippen LogP contribution in [-0.4, -0.2) is 6.09 Å². The quantitative estimate of drug-likeness (QED) is 0.625. The Balaban J connectivity index is 1.95. The van der Waals surface area contributed by atoms with Crippen molar-refractivity contribution in [2.75, 3.05) is 4.90 Å². The average Bonchev–Trinajstić information content (AvgIpc) is 2.56. The molecular formula is C21H19NO2. The number of amides is 1. The number of benzene rings is 3. The van der Waals surface area contributed by atoms with Gasteiger partial charge in [-0.05, 0) is 61.4 Å². The average molecular weight is 317 g/mol. The highest BCUT2D eigenvalue weighted by atomic mass is 16.6. The molecule has 3 heteroatoms. The molecule has 0 heterocycles. The molecule has 3 nitrogen and oxygen atoms in total. The largest absolute Gasteiger partial charge is 0.424 e. The first-order valence-electron chi connectivity index (χ1n) is 7.84. The maximum absolute atomic E-state index is 12.8. The molecule has 0 saturated heterocycles. The number of hydrogen-bond donors (Lipinski definition) is 0. The van der Waals surface area contributed by atoms with E-state index in [4.69, 9.17) is 4.74 Å². The van der Waals surface area contributed by atoms with Gasteiger partial charge in [0.1, 0.15) is 5.75 Å². The van der Waals surface area contributed by atoms with Crippen LogP contribution in [0.15, 0.2) is 78.9 Å². The van der Waals surface area contributed by atoms with Gasteiger partial charge in [-0.25, -0.2) is 9.69 Å². The molecule has 24 heavy (non-hydrogen) atoms. The fourth-order valence-corrected chi connectivity index (χ4v) is 2.65. The third-order valence-electron chi connectivity index (χ3n) is 3.61. The molecule has 0 fully saturated rings. The van der Waals surface area contributed by atoms with Crippen molar-refractivity contribution in [3.8, 4) is 5.75 Å². The molecule has 0 unspecified atom stereocenters. The number of ether oxygens (including phenoxy) is 1. The van der Waals surface area contributed by atoms with Crippen LogP contribution in [0.4, 0.5) is 16.2 Å². The smallest absolute Gasteiger partial charge is 0.410 e. The van der Waals surface area contributed by atoms with Crippen molar-refractivity contribution in [2.24, 2.45) is 0 Å². The number of rotatable bonds is 3. The van der Waals surface area contributed by atoms with E-state index >= 15 is 0 Å². The summed E-state index contributed by atoms with van der Waals surface area (Å²) in [6.45, 7) is 3.97. The second kappa shape index (κ2) is 7.01. The zero-order valence-corrected chi connectivity index (χ0v) is 13.8. The zero-order chi connectivity index (χ0) is 16.9. The summed E-state index contributed by atoms with van der Waals surface area (Å²) in [5.74, 6) is 0.550. The summed E-state index contributed by atoms with van der Waals surface area (Å²) >= 11 is 0. The molecule has 3 aromatic rings. The molecule has 0 saturated carbocycles. The van der Waals surface area contributed by atoms with E-state index in [0.29, 0.717) is 5.75 Å². The van der Waals surface area contributed by atoms with Gasteiger partial charge in [0.25, 0.3) is 0 Å². The van der Waals surface area contributed by atoms with Gasteiger partial charge in [-0.1, -0.05) is 42.5 Å². The van der Waals surface area contributed by atoms with E-state index in [9.17, 15) is 4.79 Å². The van der Waals surface area contributed by atoms with Crippen LogP contribution in [0.1, 0.15) is 11.1 Å². The molecule has 0 aromatic heterocycles. The maximum Gasteiger partial charge on any atom is 0.424 e. The molecule has 0 aliphatic rings. The molecule has 3 rings (SSSR count). The van der Waals surface area contributed by atoms with E-state index in [0.717, 1.165) is 22.5 Å². The van der Waals surface area contributed by atoms with Crippen molar-refractivity contribution in [1.82, 2.24) is 0 Å². The molecule has 120 valence electrons. The van der Waals surface area contributed by atoms with E-state index in [2.05, 4.69) is 0 Å². The molecule has 0 aliphatic heterocycles. The Morgan fingerprint density at radius 3 is 1.67 bits per heavy atom. The molecule has 0 N–H and O–H groups in total. The fraction of sp³-hybridized carbons (Fsp3) is 0.0952. The van der Waals surface area contributed by atoms with Crippen LogP contribution >= 0.6 is 0 Å². The topological polar surface area (TPSA) is 29.5 Å². The summed E-state index contributed by atoms with van der Waals surface area (Å²) in [6.07, 6.45) is -0.433. The van der Waals surface area contributed by atoms with Gasteiger partial charge in [-0.3, -0.25) is 0 Å². The predicted octanol–water partition coefficient (Wildman–Crippen LogP) is 5.64. The maximum atomic E-state index is 12.8. The van der Waals surface area contributed by atoms with Crippen molar-refractivity contribution < 1.29 is 9.53 Å². The Hall–Kier alpha value is -3.07. The third kappa shape index (κ3) is 3.63. The number of aryl methyl sites for hydroxylation is 2. The normalized spacial score (nSPS) is 10.2. The Morgan fingerprint density at radius 1 is 0.750 bits per heavy atom. The number of para-hydroxylation sites is 2. The van der Waals surface area contributed by atoms with Crippen molar-refractivity contribution in [3.05, 3.63) is 90.0 Å². The first-order valence-corrected chi connectivity index (χ1v) is 7.84. The van der Waals surface area contributed by atoms with Crippen LogP contribution in [-0.2, 0) is 0 Å². The van der Waals surface area contributed by atoms with E-state index in [1.54, 1.807) is 4.90 Å². The minimum absolute atomic E-state index is 0.433. The van der Waals surface area contributed by atoms with Crippen LogP contribution in [0, 0.1) is 13.8 Å². The van der Waals surface area contributed by atoms with Crippen LogP contribution in [0.5, 0.6) is 5.75 Å². The second-order valence-electron chi connectivity index (χ2n) is 5.70. The van der Waals surface area contributed by atoms with E-state index in [1.807, 2.05) is 92.7 Å². The van der Waals surface area contributed by atoms with Gasteiger partial charge in [0.2, 0.25) is 0 Å². The summed E-state index contributed by atoms with van der Waals surface area (Å²) in [7, 11) is 0. The molecule has 1 amide bonds. The molecule has 0 radical (unpaired) electrons. The number of anilines is 2. The Bertz CT molecular complexity index is 769. The SMILES string of the molecule is Cc1cc(C)cc(OC(=O)N(c2ccccc2)c2ccccc2)c1. The van der Waals surface area contributed by atoms with Crippen LogP contribution in [0.3, 0.4) is 0 Å². The summed E-state index contributed by atoms with van der Waals surface area (Å²) in [4.78, 5) is 14.4. The summed E-state index contributed by atoms with van der Waals surface area (Å²) < 4.78 is 5.63. The van der Waals surface area contributed by atoms with Crippen LogP contribution in [0.25, 0.3) is 0 Å². The molecule has 0 spiro atoms. The van der Waals surface area contributed by atoms with Gasteiger partial charge in [0.15, 0.2) is 0 Å². The highest BCUT2D eigenvalue weighted by Crippen LogP contribution is 2.27. The van der Waals surface area contributed by atoms with Crippen molar-refractivity contribution >= 4 is 17.5 Å². The first kappa shape index (κ1) is 15.8. The Kier molecular flexibility index (Phi) is 4.62. The minimum Gasteiger partial charge on any atom is -0.410 e. The lowest BCUT2D eigenvalue weighted by Gasteiger charge is -2.22. The molecule has 0 aliphatic carbocycles. The zero-order valence-electron chi connectivity index (χ0n) is 13.8. The minimum atomic E-state index is -0.433. The Morgan fingerprint density at radius 2 is 1.21 bits per heavy atom. The number of carbonyl (C=O) groups is 1. The lowest BCUT2D eigenvalue weighted by Crippen LogP contribution is -2.29. The van der Waals surface area contributed by atoms with Crippen LogP contribution < -0.4 is 9.64 Å². The van der Waals surface area contributed by atoms with Crippen molar-refractivity contribution in [1.29, 1.82) is 0 Å². The summed E-state index contributed by atoms with van der Waals surface area (Å²) in [5, 5.41) is 0. The van der Waals surface area contributed by atoms with Gasteiger partial charge in [-0.2, -0.15) is 0 Å². The van der Waals surface area contributed by atoms with E-state index in [-0.39, 0.29) is 0 Å². The first-order chi connectivity index (χ1) is 11.6. The van der Waals surface area contributed by atoms with Gasteiger partial charge in [0, 0.05) is 0 Å². The number of hydrogen-bond acceptors (Lipinski definition) is 2. The highest BCUT2D eigenvalue weighted by Gasteiger charge is 2.20. The van der Waals surface area contributed by atoms with E-state index < -0.39 is 6.09 Å². The summed E-state index contributed by atoms with van der Waals surface area (Å²) in [6, 6.07) is 24.7. The number of nitrogens with zero attached hydrogens (tertiary/aromatic N) is 1. The standard InChI is InChI=1S/C21H19NO2/c1-16-13-17(2)15-20(14-16)24-21(23)22(18-9-5-3-6-10-18)19-11-7-4-8-12-19/h3-15H,1-2H3. The fourth-order valence-electron chi connectivity index (χ4n) is 2.65. The van der Waals surface area contributed by atoms with E-state index in [1.165, 1.54) is 0 Å². The van der Waals surface area contributed by atoms with Gasteiger partial charge in [0.05, 0.1) is 11.4 Å². The monoisotopic (exact) mass is 317 g/mol. The van der Waals surface area contributed by atoms with Crippen LogP contribution in [0.2, 0.25) is 0 Å². The summed E-state index contributed by atoms with van der Waals surface area (Å²) in [5.41, 5.74) is 3.64. The molecule has 0 bridgehead atoms. The molecule has 0 atom stereocenters. The highest BCUT2D eigenvalue weighted by molar-refractivity contribution is 5.97. The van der Waals surface area contributed by atoms with Gasteiger partial charge >= 0.3 is 6.09 Å². The Labute approximate surface area is 142 Å². The van der Waals surface area contributed by atoms with Crippen molar-refractivity contribution in [2.45, 2.75) is 13.8 Å². The van der Waals surface area contributed by atoms with Gasteiger partial charge in [-0.15, -0.1) is 0 Å².